The van der Waals surface area contributed by atoms with Crippen LogP contribution in [0.1, 0.15) is 40.5 Å². The lowest BCUT2D eigenvalue weighted by molar-refractivity contribution is -0.131. The van der Waals surface area contributed by atoms with Gasteiger partial charge in [0.2, 0.25) is 5.91 Å². The summed E-state index contributed by atoms with van der Waals surface area (Å²) in [4.78, 5) is 11.5. The van der Waals surface area contributed by atoms with Crippen molar-refractivity contribution in [2.24, 2.45) is 5.73 Å². The van der Waals surface area contributed by atoms with Gasteiger partial charge in [-0.05, 0) is 40.2 Å². The number of rotatable bonds is 6. The van der Waals surface area contributed by atoms with Gasteiger partial charge in [-0.3, -0.25) is 4.79 Å². The van der Waals surface area contributed by atoms with E-state index in [1.807, 2.05) is 27.7 Å². The summed E-state index contributed by atoms with van der Waals surface area (Å²) in [6.07, 6.45) is 1.72. The number of ether oxygens (including phenoxy) is 1. The lowest BCUT2D eigenvalue weighted by atomic mass is 10.1. The van der Waals surface area contributed by atoms with Crippen molar-refractivity contribution in [3.63, 3.8) is 0 Å². The number of carbonyl (C=O) groups excluding carboxylic acids is 1. The van der Waals surface area contributed by atoms with E-state index in [2.05, 4.69) is 5.32 Å². The Morgan fingerprint density at radius 3 is 2.47 bits per heavy atom. The molecule has 3 N–H and O–H groups in total. The van der Waals surface area contributed by atoms with Gasteiger partial charge in [-0.15, -0.1) is 0 Å². The van der Waals surface area contributed by atoms with Crippen molar-refractivity contribution in [2.75, 3.05) is 13.2 Å². The minimum Gasteiger partial charge on any atom is -0.366 e. The van der Waals surface area contributed by atoms with Gasteiger partial charge in [-0.2, -0.15) is 0 Å². The lowest BCUT2D eigenvalue weighted by Gasteiger charge is -2.21. The molecule has 4 heteroatoms. The molecule has 0 aliphatic carbocycles. The fraction of sp³-hybridized carbons (Fsp3) is 0.909. The topological polar surface area (TPSA) is 64.3 Å². The minimum atomic E-state index is -0.271. The van der Waals surface area contributed by atoms with Crippen LogP contribution in [0.3, 0.4) is 0 Å². The van der Waals surface area contributed by atoms with E-state index in [0.717, 1.165) is 12.8 Å². The molecule has 0 bridgehead atoms. The van der Waals surface area contributed by atoms with Gasteiger partial charge in [-0.1, -0.05) is 6.92 Å². The molecule has 0 aliphatic heterocycles. The summed E-state index contributed by atoms with van der Waals surface area (Å²) in [5, 5.41) is 2.90. The van der Waals surface area contributed by atoms with Crippen LogP contribution in [0.5, 0.6) is 0 Å². The zero-order chi connectivity index (χ0) is 11.9. The maximum Gasteiger partial charge on any atom is 0.246 e. The normalized spacial score (nSPS) is 13.7. The van der Waals surface area contributed by atoms with Crippen LogP contribution in [0.4, 0.5) is 0 Å². The highest BCUT2D eigenvalue weighted by atomic mass is 16.5. The fourth-order valence-electron chi connectivity index (χ4n) is 1.13. The smallest absolute Gasteiger partial charge is 0.246 e. The van der Waals surface area contributed by atoms with E-state index < -0.39 is 0 Å². The molecule has 0 fully saturated rings. The Kier molecular flexibility index (Phi) is 6.52. The van der Waals surface area contributed by atoms with E-state index in [1.54, 1.807) is 0 Å². The zero-order valence-corrected chi connectivity index (χ0v) is 10.3. The molecule has 1 unspecified atom stereocenters. The number of nitrogens with two attached hydrogens (primary N) is 1. The number of nitrogens with one attached hydrogen (secondary N) is 1. The van der Waals surface area contributed by atoms with Gasteiger partial charge >= 0.3 is 0 Å². The predicted octanol–water partition coefficient (Wildman–Crippen LogP) is 1.05. The quantitative estimate of drug-likeness (QED) is 0.697. The van der Waals surface area contributed by atoms with Crippen molar-refractivity contribution in [2.45, 2.75) is 52.2 Å². The molecular weight excluding hydrogens is 192 g/mol. The maximum absolute atomic E-state index is 11.5. The van der Waals surface area contributed by atoms with Crippen LogP contribution < -0.4 is 11.1 Å². The highest BCUT2D eigenvalue weighted by Gasteiger charge is 2.14. The average molecular weight is 216 g/mol. The molecule has 90 valence electrons. The Balaban J connectivity index is 3.81. The predicted molar refractivity (Wildman–Crippen MR) is 61.6 cm³/mol. The standard InChI is InChI=1S/C11H24N2O2/c1-5-9(6-7-12)13-10(14)8-15-11(2,3)4/h9H,5-8,12H2,1-4H3,(H,13,14). The van der Waals surface area contributed by atoms with Crippen LogP contribution in [0.2, 0.25) is 0 Å². The van der Waals surface area contributed by atoms with E-state index in [-0.39, 0.29) is 24.2 Å². The first-order valence-corrected chi connectivity index (χ1v) is 5.52. The Morgan fingerprint density at radius 2 is 2.07 bits per heavy atom. The van der Waals surface area contributed by atoms with Crippen LogP contribution >= 0.6 is 0 Å². The van der Waals surface area contributed by atoms with Crippen LogP contribution in [0, 0.1) is 0 Å². The molecule has 1 atom stereocenters. The van der Waals surface area contributed by atoms with Crippen molar-refractivity contribution in [1.29, 1.82) is 0 Å². The van der Waals surface area contributed by atoms with Crippen molar-refractivity contribution >= 4 is 5.91 Å². The summed E-state index contributed by atoms with van der Waals surface area (Å²) in [6.45, 7) is 8.53. The highest BCUT2D eigenvalue weighted by molar-refractivity contribution is 5.77. The van der Waals surface area contributed by atoms with E-state index in [1.165, 1.54) is 0 Å². The molecule has 0 saturated carbocycles. The van der Waals surface area contributed by atoms with Crippen molar-refractivity contribution in [3.8, 4) is 0 Å². The van der Waals surface area contributed by atoms with Crippen molar-refractivity contribution in [1.82, 2.24) is 5.32 Å². The number of amides is 1. The molecule has 0 rings (SSSR count). The molecule has 0 spiro atoms. The lowest BCUT2D eigenvalue weighted by Crippen LogP contribution is -2.39. The Morgan fingerprint density at radius 1 is 1.47 bits per heavy atom. The molecule has 0 aromatic carbocycles. The molecule has 0 aliphatic rings. The van der Waals surface area contributed by atoms with Gasteiger partial charge in [0.1, 0.15) is 6.61 Å². The average Bonchev–Trinajstić information content (AvgIpc) is 2.13. The van der Waals surface area contributed by atoms with E-state index in [4.69, 9.17) is 10.5 Å². The van der Waals surface area contributed by atoms with Gasteiger partial charge in [-0.25, -0.2) is 0 Å². The summed E-state index contributed by atoms with van der Waals surface area (Å²) in [5.74, 6) is -0.0646. The summed E-state index contributed by atoms with van der Waals surface area (Å²) >= 11 is 0. The van der Waals surface area contributed by atoms with Crippen molar-refractivity contribution in [3.05, 3.63) is 0 Å². The summed E-state index contributed by atoms with van der Waals surface area (Å²) in [5.41, 5.74) is 5.17. The molecule has 1 amide bonds. The molecule has 0 saturated heterocycles. The largest absolute Gasteiger partial charge is 0.366 e. The molecule has 0 aromatic heterocycles. The molecule has 15 heavy (non-hydrogen) atoms. The van der Waals surface area contributed by atoms with Gasteiger partial charge < -0.3 is 15.8 Å². The first-order valence-electron chi connectivity index (χ1n) is 5.52. The second-order valence-corrected chi connectivity index (χ2v) is 4.65. The number of carbonyl (C=O) groups is 1. The van der Waals surface area contributed by atoms with Gasteiger partial charge in [0.25, 0.3) is 0 Å². The van der Waals surface area contributed by atoms with Gasteiger partial charge in [0.05, 0.1) is 5.60 Å². The zero-order valence-electron chi connectivity index (χ0n) is 10.3. The second kappa shape index (κ2) is 6.80. The third kappa shape index (κ3) is 8.39. The summed E-state index contributed by atoms with van der Waals surface area (Å²) in [6, 6.07) is 0.172. The Labute approximate surface area is 92.6 Å². The minimum absolute atomic E-state index is 0.0646. The maximum atomic E-state index is 11.5. The molecule has 0 heterocycles. The van der Waals surface area contributed by atoms with Crippen LogP contribution in [-0.2, 0) is 9.53 Å². The van der Waals surface area contributed by atoms with E-state index in [0.29, 0.717) is 6.54 Å². The highest BCUT2D eigenvalue weighted by Crippen LogP contribution is 2.05. The Bertz CT molecular complexity index is 188. The van der Waals surface area contributed by atoms with E-state index in [9.17, 15) is 4.79 Å². The molecule has 4 nitrogen and oxygen atoms in total. The summed E-state index contributed by atoms with van der Waals surface area (Å²) in [7, 11) is 0. The van der Waals surface area contributed by atoms with Crippen LogP contribution in [0.15, 0.2) is 0 Å². The second-order valence-electron chi connectivity index (χ2n) is 4.65. The molecule has 0 aromatic rings. The molecule has 0 radical (unpaired) electrons. The summed E-state index contributed by atoms with van der Waals surface area (Å²) < 4.78 is 5.37. The van der Waals surface area contributed by atoms with Crippen LogP contribution in [0.25, 0.3) is 0 Å². The third-order valence-electron chi connectivity index (χ3n) is 2.01. The van der Waals surface area contributed by atoms with Gasteiger partial charge in [0.15, 0.2) is 0 Å². The number of hydrogen-bond acceptors (Lipinski definition) is 3. The van der Waals surface area contributed by atoms with Crippen LogP contribution in [-0.4, -0.2) is 30.7 Å². The Hall–Kier alpha value is -0.610. The molecular formula is C11H24N2O2. The first-order chi connectivity index (χ1) is 6.89. The fourth-order valence-corrected chi connectivity index (χ4v) is 1.13. The third-order valence-corrected chi connectivity index (χ3v) is 2.01. The van der Waals surface area contributed by atoms with Gasteiger partial charge in [0, 0.05) is 6.04 Å². The van der Waals surface area contributed by atoms with Crippen molar-refractivity contribution < 1.29 is 9.53 Å². The first kappa shape index (κ1) is 14.4. The SMILES string of the molecule is CCC(CCN)NC(=O)COC(C)(C)C. The monoisotopic (exact) mass is 216 g/mol. The van der Waals surface area contributed by atoms with E-state index >= 15 is 0 Å². The number of hydrogen-bond donors (Lipinski definition) is 2.